The molecule has 0 aliphatic carbocycles. The quantitative estimate of drug-likeness (QED) is 0.128. The molecule has 3 heterocycles. The topological polar surface area (TPSA) is 213 Å². The molecule has 5 unspecified atom stereocenters. The Kier molecular flexibility index (Phi) is 8.56. The number of imidazole rings is 1. The average Bonchev–Trinajstić information content (AvgIpc) is 3.48. The molecule has 0 radical (unpaired) electrons. The van der Waals surface area contributed by atoms with E-state index in [2.05, 4.69) is 20.0 Å². The molecule has 7 atom stereocenters. The molecule has 230 valence electrons. The highest BCUT2D eigenvalue weighted by molar-refractivity contribution is 7.52. The number of hydrogen-bond donors (Lipinski definition) is 5. The van der Waals surface area contributed by atoms with E-state index in [1.165, 1.54) is 24.7 Å². The van der Waals surface area contributed by atoms with E-state index < -0.39 is 62.1 Å². The molecule has 1 saturated heterocycles. The molecule has 2 aromatic carbocycles. The Morgan fingerprint density at radius 1 is 1.14 bits per heavy atom. The highest BCUT2D eigenvalue weighted by atomic mass is 31.2. The van der Waals surface area contributed by atoms with Gasteiger partial charge >= 0.3 is 13.7 Å². The molecular weight excluding hydrogens is 583 g/mol. The fourth-order valence-corrected chi connectivity index (χ4v) is 6.53. The Balaban J connectivity index is 1.43. The van der Waals surface area contributed by atoms with E-state index in [9.17, 15) is 24.4 Å². The van der Waals surface area contributed by atoms with Crippen molar-refractivity contribution in [1.82, 2.24) is 24.6 Å². The van der Waals surface area contributed by atoms with Crippen LogP contribution in [0.2, 0.25) is 0 Å². The molecule has 0 amide bonds. The fourth-order valence-electron chi connectivity index (χ4n) is 4.82. The SMILES string of the molecule is CC(C)OC(=O)C(C)NP(=O)(Oc1cccc2ccccc12)OC(C)[C@H]1O[C@@H](n2cnc3c(=O)[nH]c(N)nc32)C(O)C1O. The summed E-state index contributed by atoms with van der Waals surface area (Å²) in [6, 6.07) is 11.3. The maximum absolute atomic E-state index is 14.3. The molecule has 1 aliphatic heterocycles. The van der Waals surface area contributed by atoms with Gasteiger partial charge in [0.25, 0.3) is 5.56 Å². The number of rotatable bonds is 10. The van der Waals surface area contributed by atoms with Gasteiger partial charge in [0.1, 0.15) is 30.1 Å². The van der Waals surface area contributed by atoms with E-state index in [0.29, 0.717) is 5.39 Å². The third kappa shape index (κ3) is 6.27. The van der Waals surface area contributed by atoms with Crippen LogP contribution >= 0.6 is 7.75 Å². The highest BCUT2D eigenvalue weighted by Crippen LogP contribution is 2.49. The molecule has 0 bridgehead atoms. The number of aromatic amines is 1. The van der Waals surface area contributed by atoms with Gasteiger partial charge in [-0.2, -0.15) is 10.1 Å². The molecule has 4 aromatic rings. The third-order valence-corrected chi connectivity index (χ3v) is 8.54. The van der Waals surface area contributed by atoms with Gasteiger partial charge in [0.15, 0.2) is 17.4 Å². The molecule has 15 nitrogen and oxygen atoms in total. The van der Waals surface area contributed by atoms with Gasteiger partial charge < -0.3 is 29.9 Å². The number of nitrogen functional groups attached to an aromatic ring is 1. The molecule has 0 saturated carbocycles. The van der Waals surface area contributed by atoms with Crippen LogP contribution in [0.15, 0.2) is 53.6 Å². The summed E-state index contributed by atoms with van der Waals surface area (Å²) in [7, 11) is -4.40. The van der Waals surface area contributed by atoms with Crippen LogP contribution in [0.3, 0.4) is 0 Å². The Hall–Kier alpha value is -3.85. The molecule has 1 fully saturated rings. The van der Waals surface area contributed by atoms with Crippen molar-refractivity contribution < 1.29 is 38.1 Å². The number of fused-ring (bicyclic) bond motifs is 2. The van der Waals surface area contributed by atoms with E-state index in [4.69, 9.17) is 24.3 Å². The first-order valence-electron chi connectivity index (χ1n) is 13.5. The Morgan fingerprint density at radius 2 is 1.86 bits per heavy atom. The number of aromatic nitrogens is 4. The van der Waals surface area contributed by atoms with E-state index in [1.54, 1.807) is 38.1 Å². The number of carbonyl (C=O) groups excluding carboxylic acids is 1. The summed E-state index contributed by atoms with van der Waals surface area (Å²) >= 11 is 0. The van der Waals surface area contributed by atoms with E-state index in [0.717, 1.165) is 5.39 Å². The zero-order valence-electron chi connectivity index (χ0n) is 23.8. The molecular formula is C27H33N6O9P. The van der Waals surface area contributed by atoms with Gasteiger partial charge in [-0.1, -0.05) is 36.4 Å². The summed E-state index contributed by atoms with van der Waals surface area (Å²) in [4.78, 5) is 35.2. The minimum Gasteiger partial charge on any atom is -0.462 e. The summed E-state index contributed by atoms with van der Waals surface area (Å²) < 4.78 is 38.6. The van der Waals surface area contributed by atoms with Crippen molar-refractivity contribution >= 4 is 41.6 Å². The van der Waals surface area contributed by atoms with Crippen LogP contribution in [0.4, 0.5) is 5.95 Å². The number of aliphatic hydroxyl groups excluding tert-OH is 2. The number of nitrogens with two attached hydrogens (primary N) is 1. The van der Waals surface area contributed by atoms with Crippen molar-refractivity contribution in [2.45, 2.75) is 70.5 Å². The number of H-pyrrole nitrogens is 1. The van der Waals surface area contributed by atoms with Crippen LogP contribution in [-0.4, -0.2) is 72.3 Å². The Labute approximate surface area is 245 Å². The maximum Gasteiger partial charge on any atom is 0.459 e. The van der Waals surface area contributed by atoms with E-state index in [-0.39, 0.29) is 22.9 Å². The minimum atomic E-state index is -4.40. The molecule has 16 heteroatoms. The predicted molar refractivity (Wildman–Crippen MR) is 155 cm³/mol. The smallest absolute Gasteiger partial charge is 0.459 e. The number of carbonyl (C=O) groups is 1. The third-order valence-electron chi connectivity index (χ3n) is 6.79. The van der Waals surface area contributed by atoms with Gasteiger partial charge in [-0.15, -0.1) is 0 Å². The Morgan fingerprint density at radius 3 is 2.60 bits per heavy atom. The van der Waals surface area contributed by atoms with Crippen LogP contribution in [0, 0.1) is 0 Å². The first kappa shape index (κ1) is 30.6. The summed E-state index contributed by atoms with van der Waals surface area (Å²) in [5.41, 5.74) is 5.06. The number of esters is 1. The second kappa shape index (κ2) is 12.0. The molecule has 0 spiro atoms. The highest BCUT2D eigenvalue weighted by Gasteiger charge is 2.49. The van der Waals surface area contributed by atoms with Gasteiger partial charge in [-0.25, -0.2) is 9.55 Å². The average molecular weight is 617 g/mol. The van der Waals surface area contributed by atoms with Gasteiger partial charge in [0.05, 0.1) is 18.5 Å². The molecule has 2 aromatic heterocycles. The zero-order chi connectivity index (χ0) is 31.1. The lowest BCUT2D eigenvalue weighted by molar-refractivity contribution is -0.149. The van der Waals surface area contributed by atoms with Crippen LogP contribution in [0.5, 0.6) is 5.75 Å². The standard InChI is InChI=1S/C27H33N6O9P/c1-13(2)39-26(37)14(3)32-43(38,42-18-11-7-9-16-8-5-6-10-17(16)18)41-15(4)22-20(34)21(35)25(40-22)33-12-29-19-23(33)30-27(28)31-24(19)36/h5-15,20-22,25,34-35H,1-4H3,(H,32,38)(H3,28,30,31,36)/t14?,15?,20?,21?,22-,25-,43?/m1/s1. The first-order chi connectivity index (χ1) is 20.4. The fraction of sp³-hybridized carbons (Fsp3) is 0.407. The second-order valence-corrected chi connectivity index (χ2v) is 12.1. The lowest BCUT2D eigenvalue weighted by Gasteiger charge is -2.29. The van der Waals surface area contributed by atoms with Crippen molar-refractivity contribution in [2.75, 3.05) is 5.73 Å². The van der Waals surface area contributed by atoms with Crippen molar-refractivity contribution in [3.8, 4) is 5.75 Å². The molecule has 43 heavy (non-hydrogen) atoms. The van der Waals surface area contributed by atoms with E-state index in [1.807, 2.05) is 18.2 Å². The summed E-state index contributed by atoms with van der Waals surface area (Å²) in [5, 5.41) is 25.9. The Bertz CT molecular complexity index is 1740. The normalized spacial score (nSPS) is 23.3. The van der Waals surface area contributed by atoms with Gasteiger partial charge in [-0.3, -0.25) is 23.7 Å². The van der Waals surface area contributed by atoms with Gasteiger partial charge in [0, 0.05) is 5.39 Å². The number of hydrogen-bond acceptors (Lipinski definition) is 12. The molecule has 6 N–H and O–H groups in total. The molecule has 1 aliphatic rings. The maximum atomic E-state index is 14.3. The van der Waals surface area contributed by atoms with Crippen LogP contribution in [-0.2, 0) is 23.4 Å². The first-order valence-corrected chi connectivity index (χ1v) is 15.1. The lowest BCUT2D eigenvalue weighted by atomic mass is 10.1. The van der Waals surface area contributed by atoms with Crippen LogP contribution in [0.1, 0.15) is 33.9 Å². The number of aliphatic hydroxyl groups is 2. The number of nitrogens with zero attached hydrogens (tertiary/aromatic N) is 3. The number of nitrogens with one attached hydrogen (secondary N) is 2. The van der Waals surface area contributed by atoms with Crippen molar-refractivity contribution in [3.05, 3.63) is 59.1 Å². The van der Waals surface area contributed by atoms with Crippen molar-refractivity contribution in [1.29, 1.82) is 0 Å². The van der Waals surface area contributed by atoms with Crippen molar-refractivity contribution in [2.24, 2.45) is 0 Å². The van der Waals surface area contributed by atoms with E-state index >= 15 is 0 Å². The predicted octanol–water partition coefficient (Wildman–Crippen LogP) is 2.00. The summed E-state index contributed by atoms with van der Waals surface area (Å²) in [6.07, 6.45) is -5.94. The zero-order valence-corrected chi connectivity index (χ0v) is 24.7. The number of benzene rings is 2. The van der Waals surface area contributed by atoms with Crippen LogP contribution in [0.25, 0.3) is 21.9 Å². The number of ether oxygens (including phenoxy) is 2. The van der Waals surface area contributed by atoms with Gasteiger partial charge in [0.2, 0.25) is 5.95 Å². The summed E-state index contributed by atoms with van der Waals surface area (Å²) in [6.45, 7) is 6.27. The molecule has 5 rings (SSSR count). The van der Waals surface area contributed by atoms with Crippen LogP contribution < -0.4 is 20.9 Å². The van der Waals surface area contributed by atoms with Crippen molar-refractivity contribution in [3.63, 3.8) is 0 Å². The minimum absolute atomic E-state index is 0.0239. The van der Waals surface area contributed by atoms with Gasteiger partial charge in [-0.05, 0) is 39.1 Å². The number of anilines is 1. The monoisotopic (exact) mass is 616 g/mol. The second-order valence-electron chi connectivity index (χ2n) is 10.5. The summed E-state index contributed by atoms with van der Waals surface area (Å²) in [5.74, 6) is -0.646. The largest absolute Gasteiger partial charge is 0.462 e. The lowest BCUT2D eigenvalue weighted by Crippen LogP contribution is -2.41.